The maximum atomic E-state index is 11.6. The Labute approximate surface area is 109 Å². The Hall–Kier alpha value is -2.07. The molecule has 0 saturated carbocycles. The van der Waals surface area contributed by atoms with Gasteiger partial charge in [-0.3, -0.25) is 4.79 Å². The lowest BCUT2D eigenvalue weighted by atomic mass is 10.3. The number of carbonyl (C=O) groups is 1. The van der Waals surface area contributed by atoms with Crippen LogP contribution in [0.4, 0.5) is 5.69 Å². The molecule has 2 aromatic rings. The number of hydrogen-bond donors (Lipinski definition) is 1. The number of aryl methyl sites for hydroxylation is 1. The van der Waals surface area contributed by atoms with Crippen LogP contribution in [0.2, 0.25) is 5.15 Å². The zero-order valence-electron chi connectivity index (χ0n) is 9.68. The Morgan fingerprint density at radius 2 is 2.28 bits per heavy atom. The summed E-state index contributed by atoms with van der Waals surface area (Å²) in [5, 5.41) is 2.88. The Morgan fingerprint density at radius 1 is 1.44 bits per heavy atom. The van der Waals surface area contributed by atoms with Crippen LogP contribution in [-0.2, 0) is 4.79 Å². The molecule has 0 atom stereocenters. The van der Waals surface area contributed by atoms with Crippen LogP contribution in [0.1, 0.15) is 11.5 Å². The number of pyridine rings is 1. The van der Waals surface area contributed by atoms with Gasteiger partial charge in [0.1, 0.15) is 11.5 Å². The normalized spacial score (nSPS) is 10.8. The van der Waals surface area contributed by atoms with Gasteiger partial charge in [-0.1, -0.05) is 11.6 Å². The molecule has 0 fully saturated rings. The molecule has 0 bridgehead atoms. The molecule has 4 nitrogen and oxygen atoms in total. The van der Waals surface area contributed by atoms with E-state index >= 15 is 0 Å². The summed E-state index contributed by atoms with van der Waals surface area (Å²) < 4.78 is 5.30. The van der Waals surface area contributed by atoms with Crippen LogP contribution in [0.3, 0.4) is 0 Å². The van der Waals surface area contributed by atoms with Crippen LogP contribution < -0.4 is 5.32 Å². The zero-order valence-corrected chi connectivity index (χ0v) is 10.4. The van der Waals surface area contributed by atoms with Crippen molar-refractivity contribution in [2.45, 2.75) is 6.92 Å². The number of rotatable bonds is 3. The minimum absolute atomic E-state index is 0.257. The molecule has 92 valence electrons. The number of carbonyl (C=O) groups excluding carboxylic acids is 1. The summed E-state index contributed by atoms with van der Waals surface area (Å²) in [4.78, 5) is 15.5. The van der Waals surface area contributed by atoms with Crippen molar-refractivity contribution in [3.8, 4) is 0 Å². The van der Waals surface area contributed by atoms with Crippen molar-refractivity contribution in [2.24, 2.45) is 0 Å². The fourth-order valence-corrected chi connectivity index (χ4v) is 1.52. The number of nitrogens with zero attached hydrogens (tertiary/aromatic N) is 1. The van der Waals surface area contributed by atoms with Gasteiger partial charge in [0.15, 0.2) is 5.15 Å². The summed E-state index contributed by atoms with van der Waals surface area (Å²) in [6, 6.07) is 6.99. The topological polar surface area (TPSA) is 55.1 Å². The Balaban J connectivity index is 2.01. The Morgan fingerprint density at radius 3 is 2.94 bits per heavy atom. The van der Waals surface area contributed by atoms with Crippen molar-refractivity contribution in [3.05, 3.63) is 53.2 Å². The maximum Gasteiger partial charge on any atom is 0.248 e. The van der Waals surface area contributed by atoms with Crippen LogP contribution in [0.15, 0.2) is 41.0 Å². The highest BCUT2D eigenvalue weighted by Crippen LogP contribution is 2.17. The van der Waals surface area contributed by atoms with Crippen LogP contribution in [0, 0.1) is 6.92 Å². The third-order valence-corrected chi connectivity index (χ3v) is 2.48. The third kappa shape index (κ3) is 3.21. The van der Waals surface area contributed by atoms with Gasteiger partial charge >= 0.3 is 0 Å². The second-order valence-electron chi connectivity index (χ2n) is 3.61. The molecule has 0 radical (unpaired) electrons. The van der Waals surface area contributed by atoms with E-state index in [2.05, 4.69) is 10.3 Å². The van der Waals surface area contributed by atoms with E-state index in [-0.39, 0.29) is 11.1 Å². The zero-order chi connectivity index (χ0) is 13.0. The Bertz CT molecular complexity index is 590. The highest BCUT2D eigenvalue weighted by atomic mass is 35.5. The molecule has 1 N–H and O–H groups in total. The summed E-state index contributed by atoms with van der Waals surface area (Å²) in [6.07, 6.45) is 4.52. The van der Waals surface area contributed by atoms with Gasteiger partial charge in [-0.05, 0) is 37.3 Å². The molecule has 0 aliphatic rings. The second kappa shape index (κ2) is 5.51. The number of nitrogens with one attached hydrogen (secondary N) is 1. The summed E-state index contributed by atoms with van der Waals surface area (Å²) in [5.74, 6) is 1.13. The summed E-state index contributed by atoms with van der Waals surface area (Å²) in [7, 11) is 0. The standard InChI is InChI=1S/C13H11ClN2O2/c1-9-4-5-10(18-9)6-7-12(17)16-11-3-2-8-15-13(11)14/h2-8H,1H3,(H,16,17)/b7-6+. The smallest absolute Gasteiger partial charge is 0.248 e. The van der Waals surface area contributed by atoms with Gasteiger partial charge in [-0.2, -0.15) is 0 Å². The van der Waals surface area contributed by atoms with E-state index in [0.29, 0.717) is 11.4 Å². The number of amides is 1. The number of halogens is 1. The summed E-state index contributed by atoms with van der Waals surface area (Å²) >= 11 is 5.82. The highest BCUT2D eigenvalue weighted by molar-refractivity contribution is 6.32. The first-order valence-corrected chi connectivity index (χ1v) is 5.69. The first kappa shape index (κ1) is 12.4. The van der Waals surface area contributed by atoms with E-state index < -0.39 is 0 Å². The molecule has 0 saturated heterocycles. The molecule has 2 heterocycles. The van der Waals surface area contributed by atoms with Gasteiger partial charge < -0.3 is 9.73 Å². The molecule has 0 aromatic carbocycles. The molecule has 1 amide bonds. The van der Waals surface area contributed by atoms with E-state index in [1.807, 2.05) is 13.0 Å². The summed E-state index contributed by atoms with van der Waals surface area (Å²) in [6.45, 7) is 1.84. The van der Waals surface area contributed by atoms with E-state index in [0.717, 1.165) is 5.76 Å². The lowest BCUT2D eigenvalue weighted by Crippen LogP contribution is -2.08. The largest absolute Gasteiger partial charge is 0.462 e. The van der Waals surface area contributed by atoms with E-state index in [9.17, 15) is 4.79 Å². The highest BCUT2D eigenvalue weighted by Gasteiger charge is 2.03. The van der Waals surface area contributed by atoms with Gasteiger partial charge in [0, 0.05) is 12.3 Å². The van der Waals surface area contributed by atoms with Crippen molar-refractivity contribution in [3.63, 3.8) is 0 Å². The lowest BCUT2D eigenvalue weighted by molar-refractivity contribution is -0.111. The number of aromatic nitrogens is 1. The lowest BCUT2D eigenvalue weighted by Gasteiger charge is -2.02. The first-order chi connectivity index (χ1) is 8.65. The molecule has 0 aliphatic carbocycles. The molecule has 0 unspecified atom stereocenters. The number of hydrogen-bond acceptors (Lipinski definition) is 3. The SMILES string of the molecule is Cc1ccc(/C=C/C(=O)Nc2cccnc2Cl)o1. The molecular formula is C13H11ClN2O2. The average Bonchev–Trinajstić information content (AvgIpc) is 2.76. The van der Waals surface area contributed by atoms with E-state index in [4.69, 9.17) is 16.0 Å². The van der Waals surface area contributed by atoms with E-state index in [1.165, 1.54) is 6.08 Å². The monoisotopic (exact) mass is 262 g/mol. The van der Waals surface area contributed by atoms with Crippen molar-refractivity contribution >= 4 is 29.3 Å². The van der Waals surface area contributed by atoms with Crippen LogP contribution in [-0.4, -0.2) is 10.9 Å². The average molecular weight is 263 g/mol. The van der Waals surface area contributed by atoms with Crippen LogP contribution in [0.25, 0.3) is 6.08 Å². The molecule has 0 aliphatic heterocycles. The van der Waals surface area contributed by atoms with Crippen molar-refractivity contribution in [1.82, 2.24) is 4.98 Å². The first-order valence-electron chi connectivity index (χ1n) is 5.31. The molecule has 5 heteroatoms. The van der Waals surface area contributed by atoms with Gasteiger partial charge in [-0.25, -0.2) is 4.98 Å². The van der Waals surface area contributed by atoms with E-state index in [1.54, 1.807) is 30.5 Å². The van der Waals surface area contributed by atoms with Crippen LogP contribution in [0.5, 0.6) is 0 Å². The molecule has 2 rings (SSSR count). The second-order valence-corrected chi connectivity index (χ2v) is 3.97. The summed E-state index contributed by atoms with van der Waals surface area (Å²) in [5.41, 5.74) is 0.476. The van der Waals surface area contributed by atoms with Crippen molar-refractivity contribution < 1.29 is 9.21 Å². The minimum Gasteiger partial charge on any atom is -0.462 e. The molecule has 2 aromatic heterocycles. The fraction of sp³-hybridized carbons (Fsp3) is 0.0769. The molecule has 0 spiro atoms. The maximum absolute atomic E-state index is 11.6. The predicted octanol–water partition coefficient (Wildman–Crippen LogP) is 3.29. The quantitative estimate of drug-likeness (QED) is 0.682. The van der Waals surface area contributed by atoms with Gasteiger partial charge in [0.05, 0.1) is 5.69 Å². The van der Waals surface area contributed by atoms with Crippen molar-refractivity contribution in [2.75, 3.05) is 5.32 Å². The Kier molecular flexibility index (Phi) is 3.79. The molecule has 18 heavy (non-hydrogen) atoms. The van der Waals surface area contributed by atoms with Gasteiger partial charge in [-0.15, -0.1) is 0 Å². The van der Waals surface area contributed by atoms with Gasteiger partial charge in [0.2, 0.25) is 5.91 Å². The number of furan rings is 1. The van der Waals surface area contributed by atoms with Crippen LogP contribution >= 0.6 is 11.6 Å². The predicted molar refractivity (Wildman–Crippen MR) is 70.4 cm³/mol. The minimum atomic E-state index is -0.293. The van der Waals surface area contributed by atoms with Crippen molar-refractivity contribution in [1.29, 1.82) is 0 Å². The number of anilines is 1. The fourth-order valence-electron chi connectivity index (χ4n) is 1.35. The third-order valence-electron chi connectivity index (χ3n) is 2.18. The molecular weight excluding hydrogens is 252 g/mol. The van der Waals surface area contributed by atoms with Gasteiger partial charge in [0.25, 0.3) is 0 Å².